The van der Waals surface area contributed by atoms with Crippen molar-refractivity contribution < 1.29 is 19.4 Å². The van der Waals surface area contributed by atoms with Gasteiger partial charge in [0.25, 0.3) is 0 Å². The zero-order valence-corrected chi connectivity index (χ0v) is 14.4. The molecule has 1 amide bonds. The summed E-state index contributed by atoms with van der Waals surface area (Å²) in [7, 11) is 0. The molecule has 1 fully saturated rings. The lowest BCUT2D eigenvalue weighted by Crippen LogP contribution is -2.44. The molecule has 2 aliphatic rings. The molecular weight excluding hydrogens is 330 g/mol. The molecule has 0 aromatic heterocycles. The minimum atomic E-state index is -1.01. The van der Waals surface area contributed by atoms with Crippen molar-refractivity contribution in [3.8, 4) is 5.75 Å². The topological polar surface area (TPSA) is 75.6 Å². The van der Waals surface area contributed by atoms with Crippen molar-refractivity contribution in [3.63, 3.8) is 0 Å². The highest BCUT2D eigenvalue weighted by Gasteiger charge is 2.61. The van der Waals surface area contributed by atoms with Crippen molar-refractivity contribution >= 4 is 11.9 Å². The zero-order valence-electron chi connectivity index (χ0n) is 14.4. The monoisotopic (exact) mass is 351 g/mol. The van der Waals surface area contributed by atoms with Gasteiger partial charge in [-0.2, -0.15) is 0 Å². The van der Waals surface area contributed by atoms with E-state index in [-0.39, 0.29) is 23.7 Å². The molecule has 0 saturated heterocycles. The number of amides is 1. The first-order chi connectivity index (χ1) is 12.6. The quantitative estimate of drug-likeness (QED) is 0.868. The van der Waals surface area contributed by atoms with Gasteiger partial charge in [0, 0.05) is 23.3 Å². The van der Waals surface area contributed by atoms with Crippen LogP contribution >= 0.6 is 0 Å². The zero-order chi connectivity index (χ0) is 18.1. The van der Waals surface area contributed by atoms with Crippen LogP contribution in [0.15, 0.2) is 54.6 Å². The third kappa shape index (κ3) is 2.94. The van der Waals surface area contributed by atoms with Gasteiger partial charge in [-0.1, -0.05) is 48.5 Å². The van der Waals surface area contributed by atoms with Crippen molar-refractivity contribution in [1.29, 1.82) is 0 Å². The fraction of sp³-hybridized carbons (Fsp3) is 0.333. The van der Waals surface area contributed by atoms with Crippen LogP contribution in [-0.2, 0) is 21.4 Å². The molecule has 1 spiro atoms. The van der Waals surface area contributed by atoms with Gasteiger partial charge in [0.05, 0.1) is 6.61 Å². The highest BCUT2D eigenvalue weighted by atomic mass is 16.5. The van der Waals surface area contributed by atoms with Crippen LogP contribution in [-0.4, -0.2) is 29.6 Å². The Morgan fingerprint density at radius 3 is 2.65 bits per heavy atom. The normalized spacial score (nSPS) is 24.2. The third-order valence-corrected chi connectivity index (χ3v) is 5.52. The van der Waals surface area contributed by atoms with Gasteiger partial charge in [-0.25, -0.2) is 4.79 Å². The van der Waals surface area contributed by atoms with Crippen molar-refractivity contribution in [1.82, 2.24) is 5.32 Å². The van der Waals surface area contributed by atoms with Crippen LogP contribution in [0.2, 0.25) is 0 Å². The minimum Gasteiger partial charge on any atom is -0.493 e. The van der Waals surface area contributed by atoms with Gasteiger partial charge in [0.2, 0.25) is 5.91 Å². The van der Waals surface area contributed by atoms with E-state index in [2.05, 4.69) is 5.32 Å². The van der Waals surface area contributed by atoms with Gasteiger partial charge >= 0.3 is 5.97 Å². The molecule has 134 valence electrons. The van der Waals surface area contributed by atoms with Crippen LogP contribution in [0.5, 0.6) is 5.75 Å². The van der Waals surface area contributed by atoms with Crippen molar-refractivity contribution in [2.45, 2.75) is 30.7 Å². The van der Waals surface area contributed by atoms with Gasteiger partial charge in [-0.05, 0) is 24.5 Å². The third-order valence-electron chi connectivity index (χ3n) is 5.52. The Bertz CT molecular complexity index is 835. The number of para-hydroxylation sites is 1. The summed E-state index contributed by atoms with van der Waals surface area (Å²) in [4.78, 5) is 24.4. The number of aliphatic carboxylic acids is 1. The van der Waals surface area contributed by atoms with E-state index in [0.717, 1.165) is 29.7 Å². The lowest BCUT2D eigenvalue weighted by atomic mass is 9.87. The number of benzene rings is 2. The lowest BCUT2D eigenvalue weighted by Gasteiger charge is -2.27. The first-order valence-electron chi connectivity index (χ1n) is 8.89. The van der Waals surface area contributed by atoms with Crippen LogP contribution in [0.3, 0.4) is 0 Å². The first-order valence-corrected chi connectivity index (χ1v) is 8.89. The average Bonchev–Trinajstić information content (AvgIpc) is 3.37. The Kier molecular flexibility index (Phi) is 4.15. The lowest BCUT2D eigenvalue weighted by molar-refractivity contribution is -0.142. The molecule has 4 rings (SSSR count). The van der Waals surface area contributed by atoms with E-state index in [0.29, 0.717) is 6.61 Å². The highest BCUT2D eigenvalue weighted by molar-refractivity contribution is 5.89. The number of nitrogens with one attached hydrogen (secondary N) is 1. The maximum atomic E-state index is 12.8. The molecule has 5 heteroatoms. The van der Waals surface area contributed by atoms with E-state index in [1.54, 1.807) is 0 Å². The Hall–Kier alpha value is -2.82. The van der Waals surface area contributed by atoms with Gasteiger partial charge in [0.1, 0.15) is 11.8 Å². The molecule has 1 heterocycles. The molecule has 2 aromatic carbocycles. The largest absolute Gasteiger partial charge is 0.493 e. The number of hydrogen-bond acceptors (Lipinski definition) is 3. The predicted octanol–water partition coefficient (Wildman–Crippen LogP) is 2.54. The number of rotatable bonds is 5. The van der Waals surface area contributed by atoms with Gasteiger partial charge in [0.15, 0.2) is 0 Å². The summed E-state index contributed by atoms with van der Waals surface area (Å²) in [5.41, 5.74) is 1.76. The Morgan fingerprint density at radius 2 is 1.88 bits per heavy atom. The molecule has 1 saturated carbocycles. The second kappa shape index (κ2) is 6.48. The standard InChI is InChI=1S/C21H21NO4/c23-19(22-17(20(24)25)12-14-6-2-1-3-7-14)16-13-21(16)10-11-26-18-9-5-4-8-15(18)21/h1-9,16-17H,10-13H2,(H,22,23)(H,24,25)/t16?,17-,21?/m1/s1. The summed E-state index contributed by atoms with van der Waals surface area (Å²) in [6.07, 6.45) is 1.82. The van der Waals surface area contributed by atoms with E-state index in [9.17, 15) is 14.7 Å². The van der Waals surface area contributed by atoms with E-state index < -0.39 is 12.0 Å². The second-order valence-electron chi connectivity index (χ2n) is 7.10. The van der Waals surface area contributed by atoms with Gasteiger partial charge in [-0.3, -0.25) is 4.79 Å². The molecule has 2 aromatic rings. The van der Waals surface area contributed by atoms with Crippen LogP contribution in [0.1, 0.15) is 24.0 Å². The molecule has 5 nitrogen and oxygen atoms in total. The molecule has 2 N–H and O–H groups in total. The molecule has 2 unspecified atom stereocenters. The smallest absolute Gasteiger partial charge is 0.326 e. The molecule has 0 radical (unpaired) electrons. The fourth-order valence-corrected chi connectivity index (χ4v) is 4.03. The fourth-order valence-electron chi connectivity index (χ4n) is 4.03. The average molecular weight is 351 g/mol. The number of carbonyl (C=O) groups excluding carboxylic acids is 1. The minimum absolute atomic E-state index is 0.176. The molecule has 3 atom stereocenters. The number of carboxylic acid groups (broad SMARTS) is 1. The number of hydrogen-bond donors (Lipinski definition) is 2. The summed E-state index contributed by atoms with van der Waals surface area (Å²) in [6, 6.07) is 16.3. The molecular formula is C21H21NO4. The number of carbonyl (C=O) groups is 2. The Balaban J connectivity index is 1.48. The van der Waals surface area contributed by atoms with E-state index in [1.165, 1.54) is 0 Å². The van der Waals surface area contributed by atoms with Crippen molar-refractivity contribution in [2.24, 2.45) is 5.92 Å². The molecule has 0 bridgehead atoms. The second-order valence-corrected chi connectivity index (χ2v) is 7.10. The molecule has 1 aliphatic carbocycles. The maximum absolute atomic E-state index is 12.8. The van der Waals surface area contributed by atoms with E-state index >= 15 is 0 Å². The molecule has 26 heavy (non-hydrogen) atoms. The van der Waals surface area contributed by atoms with Gasteiger partial charge in [-0.15, -0.1) is 0 Å². The van der Waals surface area contributed by atoms with Crippen molar-refractivity contribution in [3.05, 3.63) is 65.7 Å². The van der Waals surface area contributed by atoms with E-state index in [1.807, 2.05) is 54.6 Å². The summed E-state index contributed by atoms with van der Waals surface area (Å²) in [6.45, 7) is 0.590. The van der Waals surface area contributed by atoms with Crippen molar-refractivity contribution in [2.75, 3.05) is 6.61 Å². The number of ether oxygens (including phenoxy) is 1. The number of fused-ring (bicyclic) bond motifs is 2. The van der Waals surface area contributed by atoms with Crippen LogP contribution in [0.4, 0.5) is 0 Å². The van der Waals surface area contributed by atoms with E-state index in [4.69, 9.17) is 4.74 Å². The van der Waals surface area contributed by atoms with Crippen LogP contribution in [0.25, 0.3) is 0 Å². The summed E-state index contributed by atoms with van der Waals surface area (Å²) < 4.78 is 5.70. The summed E-state index contributed by atoms with van der Waals surface area (Å²) in [5, 5.41) is 12.3. The number of carboxylic acids is 1. The van der Waals surface area contributed by atoms with Crippen LogP contribution < -0.4 is 10.1 Å². The SMILES string of the molecule is O=C(N[C@H](Cc1ccccc1)C(=O)O)C1CC12CCOc1ccccc12. The summed E-state index contributed by atoms with van der Waals surface area (Å²) >= 11 is 0. The Morgan fingerprint density at radius 1 is 1.15 bits per heavy atom. The predicted molar refractivity (Wildman–Crippen MR) is 96.1 cm³/mol. The van der Waals surface area contributed by atoms with Gasteiger partial charge < -0.3 is 15.2 Å². The highest BCUT2D eigenvalue weighted by Crippen LogP contribution is 2.60. The first kappa shape index (κ1) is 16.6. The van der Waals surface area contributed by atoms with Crippen LogP contribution in [0, 0.1) is 5.92 Å². The molecule has 1 aliphatic heterocycles. The summed E-state index contributed by atoms with van der Waals surface area (Å²) in [5.74, 6) is -0.535. The Labute approximate surface area is 152 Å². The maximum Gasteiger partial charge on any atom is 0.326 e.